The Morgan fingerprint density at radius 3 is 2.33 bits per heavy atom. The van der Waals surface area contributed by atoms with Gasteiger partial charge in [-0.1, -0.05) is 48.0 Å². The maximum absolute atomic E-state index is 11.3. The third-order valence-electron chi connectivity index (χ3n) is 12.2. The lowest BCUT2D eigenvalue weighted by atomic mass is 9.29. The molecule has 4 aliphatic carbocycles. The predicted molar refractivity (Wildman–Crippen MR) is 134 cm³/mol. The molecule has 2 unspecified atom stereocenters. The highest BCUT2D eigenvalue weighted by Crippen LogP contribution is 2.79. The first-order valence-corrected chi connectivity index (χ1v) is 16.7. The number of hydrogen-bond donors (Lipinski definition) is 1. The predicted octanol–water partition coefficient (Wildman–Crippen LogP) is 6.38. The van der Waals surface area contributed by atoms with Gasteiger partial charge in [-0.15, -0.1) is 0 Å². The highest BCUT2D eigenvalue weighted by atomic mass is 28.4. The van der Waals surface area contributed by atoms with Crippen LogP contribution in [0.25, 0.3) is 0 Å². The zero-order valence-corrected chi connectivity index (χ0v) is 23.6. The Balaban J connectivity index is 1.49. The van der Waals surface area contributed by atoms with Gasteiger partial charge in [-0.2, -0.15) is 0 Å². The van der Waals surface area contributed by atoms with Crippen LogP contribution in [-0.2, 0) is 13.9 Å². The molecule has 8 atom stereocenters. The zero-order chi connectivity index (χ0) is 24.1. The average molecular weight is 479 g/mol. The highest BCUT2D eigenvalue weighted by molar-refractivity contribution is 6.74. The van der Waals surface area contributed by atoms with E-state index in [1.807, 2.05) is 0 Å². The summed E-state index contributed by atoms with van der Waals surface area (Å²) in [7, 11) is -1.80. The van der Waals surface area contributed by atoms with Crippen LogP contribution >= 0.6 is 0 Å². The Morgan fingerprint density at radius 1 is 1.06 bits per heavy atom. The third kappa shape index (κ3) is 3.14. The second-order valence-corrected chi connectivity index (χ2v) is 19.5. The maximum Gasteiger partial charge on any atom is 0.192 e. The summed E-state index contributed by atoms with van der Waals surface area (Å²) >= 11 is 0. The Bertz CT molecular complexity index is 770. The molecule has 0 amide bonds. The summed E-state index contributed by atoms with van der Waals surface area (Å²) in [4.78, 5) is 0. The molecule has 0 aromatic carbocycles. The standard InChI is InChI=1S/C28H50O4Si/c1-19-16-20-10-11-22-25(5,18-32-33(7,8)24(2,3)4)12-9-13-26(22,6)27(20)17-21(29)23(27)28(19)30-14-15-31-28/h19-23,29H,9-18H2,1-8H3/t19?,20-,21?,22-,23-,25+,26-,27+/m0/s1. The molecular weight excluding hydrogens is 428 g/mol. The van der Waals surface area contributed by atoms with Crippen LogP contribution in [0.3, 0.4) is 0 Å². The van der Waals surface area contributed by atoms with Crippen molar-refractivity contribution < 1.29 is 19.0 Å². The quantitative estimate of drug-likeness (QED) is 0.478. The molecule has 2 spiro atoms. The van der Waals surface area contributed by atoms with Crippen LogP contribution in [0.4, 0.5) is 0 Å². The lowest BCUT2D eigenvalue weighted by molar-refractivity contribution is -0.389. The topological polar surface area (TPSA) is 47.9 Å². The minimum Gasteiger partial charge on any atom is -0.416 e. The van der Waals surface area contributed by atoms with Crippen molar-refractivity contribution in [3.63, 3.8) is 0 Å². The first-order valence-electron chi connectivity index (χ1n) is 13.8. The Labute approximate surface area is 203 Å². The summed E-state index contributed by atoms with van der Waals surface area (Å²) < 4.78 is 19.8. The van der Waals surface area contributed by atoms with Crippen LogP contribution < -0.4 is 0 Å². The fourth-order valence-corrected chi connectivity index (χ4v) is 10.7. The number of rotatable bonds is 3. The second-order valence-electron chi connectivity index (χ2n) is 14.6. The van der Waals surface area contributed by atoms with Gasteiger partial charge in [-0.25, -0.2) is 0 Å². The van der Waals surface area contributed by atoms with Crippen molar-refractivity contribution in [3.05, 3.63) is 0 Å². The normalized spacial score (nSPS) is 49.2. The van der Waals surface area contributed by atoms with E-state index in [1.165, 1.54) is 38.5 Å². The van der Waals surface area contributed by atoms with E-state index in [4.69, 9.17) is 13.9 Å². The summed E-state index contributed by atoms with van der Waals surface area (Å²) in [5, 5.41) is 11.5. The number of ether oxygens (including phenoxy) is 2. The lowest BCUT2D eigenvalue weighted by Gasteiger charge is -2.77. The van der Waals surface area contributed by atoms with Crippen molar-refractivity contribution in [1.82, 2.24) is 0 Å². The van der Waals surface area contributed by atoms with E-state index in [-0.39, 0.29) is 33.3 Å². The Hall–Kier alpha value is 0.0569. The van der Waals surface area contributed by atoms with Crippen molar-refractivity contribution in [2.45, 2.75) is 117 Å². The van der Waals surface area contributed by atoms with Gasteiger partial charge in [0.25, 0.3) is 0 Å². The molecule has 33 heavy (non-hydrogen) atoms. The molecule has 1 N–H and O–H groups in total. The van der Waals surface area contributed by atoms with Crippen LogP contribution in [0, 0.1) is 39.9 Å². The van der Waals surface area contributed by atoms with E-state index in [0.29, 0.717) is 31.0 Å². The molecule has 1 heterocycles. The first-order chi connectivity index (χ1) is 15.2. The van der Waals surface area contributed by atoms with E-state index in [0.717, 1.165) is 13.0 Å². The van der Waals surface area contributed by atoms with Gasteiger partial charge in [0, 0.05) is 18.4 Å². The summed E-state index contributed by atoms with van der Waals surface area (Å²) in [5.41, 5.74) is 0.567. The summed E-state index contributed by atoms with van der Waals surface area (Å²) in [5.74, 6) is 1.24. The molecule has 0 aromatic rings. The molecule has 5 heteroatoms. The number of fused-ring (bicyclic) bond motifs is 2. The van der Waals surface area contributed by atoms with Crippen LogP contribution in [0.5, 0.6) is 0 Å². The Kier molecular flexibility index (Phi) is 5.65. The van der Waals surface area contributed by atoms with Crippen molar-refractivity contribution >= 4 is 8.32 Å². The summed E-state index contributed by atoms with van der Waals surface area (Å²) in [6.07, 6.45) is 8.25. The van der Waals surface area contributed by atoms with Gasteiger partial charge in [-0.3, -0.25) is 0 Å². The molecule has 190 valence electrons. The largest absolute Gasteiger partial charge is 0.416 e. The van der Waals surface area contributed by atoms with Gasteiger partial charge >= 0.3 is 0 Å². The van der Waals surface area contributed by atoms with E-state index in [9.17, 15) is 5.11 Å². The average Bonchev–Trinajstić information content (AvgIpc) is 3.16. The zero-order valence-electron chi connectivity index (χ0n) is 22.6. The number of aliphatic hydroxyl groups is 1. The van der Waals surface area contributed by atoms with Gasteiger partial charge < -0.3 is 19.0 Å². The minimum atomic E-state index is -1.80. The van der Waals surface area contributed by atoms with Crippen LogP contribution in [0.15, 0.2) is 0 Å². The molecular formula is C28H50O4Si. The fourth-order valence-electron chi connectivity index (χ4n) is 9.57. The molecule has 5 fully saturated rings. The van der Waals surface area contributed by atoms with Gasteiger partial charge in [0.2, 0.25) is 0 Å². The van der Waals surface area contributed by atoms with E-state index < -0.39 is 14.1 Å². The molecule has 0 bridgehead atoms. The van der Waals surface area contributed by atoms with Crippen molar-refractivity contribution in [2.24, 2.45) is 39.9 Å². The van der Waals surface area contributed by atoms with Crippen molar-refractivity contribution in [2.75, 3.05) is 19.8 Å². The highest BCUT2D eigenvalue weighted by Gasteiger charge is 2.79. The van der Waals surface area contributed by atoms with Gasteiger partial charge in [0.1, 0.15) is 0 Å². The van der Waals surface area contributed by atoms with E-state index >= 15 is 0 Å². The number of hydrogen-bond acceptors (Lipinski definition) is 4. The lowest BCUT2D eigenvalue weighted by Crippen LogP contribution is -2.78. The molecule has 0 radical (unpaired) electrons. The van der Waals surface area contributed by atoms with Crippen LogP contribution in [0.1, 0.15) is 86.5 Å². The molecule has 4 saturated carbocycles. The van der Waals surface area contributed by atoms with Gasteiger partial charge in [0.15, 0.2) is 14.1 Å². The fraction of sp³-hybridized carbons (Fsp3) is 1.00. The van der Waals surface area contributed by atoms with Crippen LogP contribution in [0.2, 0.25) is 18.1 Å². The first kappa shape index (κ1) is 24.7. The third-order valence-corrected chi connectivity index (χ3v) is 16.7. The maximum atomic E-state index is 11.3. The summed E-state index contributed by atoms with van der Waals surface area (Å²) in [6.45, 7) is 21.5. The van der Waals surface area contributed by atoms with E-state index in [2.05, 4.69) is 54.6 Å². The monoisotopic (exact) mass is 478 g/mol. The Morgan fingerprint density at radius 2 is 1.73 bits per heavy atom. The second kappa shape index (κ2) is 7.54. The minimum absolute atomic E-state index is 0.123. The van der Waals surface area contributed by atoms with E-state index in [1.54, 1.807) is 0 Å². The summed E-state index contributed by atoms with van der Waals surface area (Å²) in [6, 6.07) is 0. The van der Waals surface area contributed by atoms with Crippen molar-refractivity contribution in [1.29, 1.82) is 0 Å². The van der Waals surface area contributed by atoms with Crippen LogP contribution in [-0.4, -0.2) is 45.1 Å². The molecule has 4 nitrogen and oxygen atoms in total. The number of aliphatic hydroxyl groups excluding tert-OH is 1. The molecule has 5 rings (SSSR count). The molecule has 1 aliphatic heterocycles. The molecule has 5 aliphatic rings. The van der Waals surface area contributed by atoms with Gasteiger partial charge in [-0.05, 0) is 84.7 Å². The van der Waals surface area contributed by atoms with Gasteiger partial charge in [0.05, 0.1) is 19.3 Å². The van der Waals surface area contributed by atoms with Crippen molar-refractivity contribution in [3.8, 4) is 0 Å². The SMILES string of the molecule is CC1C[C@@H]2CC[C@H]3[C@@](C)(CO[Si](C)(C)C(C)(C)C)CCC[C@]3(C)[C@]23CC(O)[C@@H]3C12OCCO2. The molecule has 1 saturated heterocycles. The molecule has 0 aromatic heterocycles. The smallest absolute Gasteiger partial charge is 0.192 e.